The van der Waals surface area contributed by atoms with Crippen LogP contribution in [0.25, 0.3) is 110 Å². The minimum absolute atomic E-state index is 0.0319. The van der Waals surface area contributed by atoms with Crippen molar-refractivity contribution in [2.24, 2.45) is 0 Å². The predicted molar refractivity (Wildman–Crippen MR) is 225 cm³/mol. The molecule has 0 saturated heterocycles. The Morgan fingerprint density at radius 2 is 0.962 bits per heavy atom. The van der Waals surface area contributed by atoms with Gasteiger partial charge in [-0.1, -0.05) is 163 Å². The van der Waals surface area contributed by atoms with E-state index in [-0.39, 0.29) is 45.6 Å². The lowest BCUT2D eigenvalue weighted by atomic mass is 9.83. The van der Waals surface area contributed by atoms with Gasteiger partial charge in [0.15, 0.2) is 0 Å². The van der Waals surface area contributed by atoms with Crippen LogP contribution in [0, 0.1) is 0 Å². The lowest BCUT2D eigenvalue weighted by Gasteiger charge is -2.19. The van der Waals surface area contributed by atoms with E-state index < -0.39 is 66.5 Å². The summed E-state index contributed by atoms with van der Waals surface area (Å²) in [6, 6.07) is 27.7. The van der Waals surface area contributed by atoms with Gasteiger partial charge in [-0.15, -0.1) is 0 Å². The summed E-state index contributed by atoms with van der Waals surface area (Å²) >= 11 is 0. The molecule has 0 N–H and O–H groups in total. The van der Waals surface area contributed by atoms with Gasteiger partial charge < -0.3 is 4.42 Å². The average molecular weight is 687 g/mol. The Bertz CT molecular complexity index is 3990. The van der Waals surface area contributed by atoms with Gasteiger partial charge in [0.05, 0.1) is 19.2 Å². The van der Waals surface area contributed by atoms with Gasteiger partial charge in [-0.2, -0.15) is 0 Å². The van der Waals surface area contributed by atoms with Crippen LogP contribution in [0.15, 0.2) is 198 Å². The molecular weight excluding hydrogens is 641 g/mol. The van der Waals surface area contributed by atoms with Crippen LogP contribution in [0.4, 0.5) is 0 Å². The smallest absolute Gasteiger partial charge is 0.136 e. The summed E-state index contributed by atoms with van der Waals surface area (Å²) in [6.07, 6.45) is 0. The normalized spacial score (nSPS) is 15.5. The number of hydrogen-bond donors (Lipinski definition) is 0. The minimum Gasteiger partial charge on any atom is -0.456 e. The highest BCUT2D eigenvalue weighted by Gasteiger charge is 2.20. The van der Waals surface area contributed by atoms with Crippen molar-refractivity contribution in [2.45, 2.75) is 0 Å². The molecular formula is C52H32O. The predicted octanol–water partition coefficient (Wildman–Crippen LogP) is 14.9. The molecule has 11 rings (SSSR count). The zero-order chi connectivity index (χ0) is 47.1. The van der Waals surface area contributed by atoms with E-state index in [9.17, 15) is 2.74 Å². The molecule has 0 aliphatic carbocycles. The van der Waals surface area contributed by atoms with E-state index in [0.29, 0.717) is 38.6 Å². The molecule has 0 unspecified atom stereocenters. The SMILES string of the molecule is [2H]c1c([2H])c([2H])c(-c2ccc3c(c2)oc2cccc(-c4ccc5c(c4)cc(-c4c6ccccc6c(-c6c([2H])c([2H])c([2H])c([2H])c6[2H])c6c([2H])c([2H])c([2H])c([2H])c46)c4ccccc45)c23)c([2H])c1[2H]. The molecule has 0 radical (unpaired) electrons. The van der Waals surface area contributed by atoms with E-state index in [4.69, 9.17) is 20.9 Å². The van der Waals surface area contributed by atoms with Crippen molar-refractivity contribution in [3.63, 3.8) is 0 Å². The summed E-state index contributed by atoms with van der Waals surface area (Å²) in [5, 5.41) is 6.15. The summed E-state index contributed by atoms with van der Waals surface area (Å²) in [5.74, 6) is 0. The molecule has 0 bridgehead atoms. The van der Waals surface area contributed by atoms with Gasteiger partial charge >= 0.3 is 0 Å². The zero-order valence-corrected chi connectivity index (χ0v) is 27.8. The monoisotopic (exact) mass is 686 g/mol. The fourth-order valence-electron chi connectivity index (χ4n) is 7.89. The fourth-order valence-corrected chi connectivity index (χ4v) is 7.89. The van der Waals surface area contributed by atoms with Crippen LogP contribution >= 0.6 is 0 Å². The summed E-state index contributed by atoms with van der Waals surface area (Å²) < 4.78 is 128. The van der Waals surface area contributed by atoms with Crippen LogP contribution in [0.3, 0.4) is 0 Å². The first-order valence-electron chi connectivity index (χ1n) is 24.1. The second-order valence-corrected chi connectivity index (χ2v) is 12.9. The van der Waals surface area contributed by atoms with Crippen LogP contribution in [-0.4, -0.2) is 0 Å². The van der Waals surface area contributed by atoms with Crippen molar-refractivity contribution in [1.82, 2.24) is 0 Å². The second-order valence-electron chi connectivity index (χ2n) is 12.9. The molecule has 0 atom stereocenters. The largest absolute Gasteiger partial charge is 0.456 e. The first-order chi connectivity index (χ1) is 32.1. The zero-order valence-electron chi connectivity index (χ0n) is 41.8. The Morgan fingerprint density at radius 1 is 0.340 bits per heavy atom. The van der Waals surface area contributed by atoms with E-state index in [0.717, 1.165) is 43.4 Å². The highest BCUT2D eigenvalue weighted by molar-refractivity contribution is 6.26. The number of benzene rings is 10. The van der Waals surface area contributed by atoms with Crippen molar-refractivity contribution < 1.29 is 23.6 Å². The molecule has 0 aliphatic rings. The lowest BCUT2D eigenvalue weighted by molar-refractivity contribution is 0.669. The van der Waals surface area contributed by atoms with Crippen molar-refractivity contribution in [3.8, 4) is 44.5 Å². The number of hydrogen-bond acceptors (Lipinski definition) is 1. The molecule has 10 aromatic carbocycles. The third kappa shape index (κ3) is 4.64. The molecule has 0 spiro atoms. The molecule has 11 aromatic rings. The molecule has 1 heterocycles. The van der Waals surface area contributed by atoms with Crippen molar-refractivity contribution in [1.29, 1.82) is 0 Å². The Hall–Kier alpha value is -6.96. The Kier molecular flexibility index (Phi) is 4.24. The third-order valence-electron chi connectivity index (χ3n) is 10.1. The number of furan rings is 1. The van der Waals surface area contributed by atoms with Crippen LogP contribution in [0.5, 0.6) is 0 Å². The van der Waals surface area contributed by atoms with Gasteiger partial charge in [0.1, 0.15) is 11.2 Å². The molecule has 1 aromatic heterocycles. The molecule has 1 nitrogen and oxygen atoms in total. The molecule has 0 fully saturated rings. The average Bonchev–Trinajstić information content (AvgIpc) is 3.72. The summed E-state index contributed by atoms with van der Waals surface area (Å²) in [7, 11) is 0. The number of fused-ring (bicyclic) bond motifs is 8. The maximum atomic E-state index is 9.49. The standard InChI is InChI=1S/C52H32O/c1-3-14-33(15-4-1)35-26-29-46-49(32-35)53-48-25-13-24-39(52(46)48)36-27-28-38-37(30-36)31-47(41-19-8-7-18-40(38)41)51-44-22-11-9-20-42(44)50(34-16-5-2-6-17-34)43-21-10-12-23-45(43)51/h1-32H/i1D,2D,3D,4D,5D,6D,9D,11D,14D,15D,16D,17D,20D,22D. The maximum absolute atomic E-state index is 9.49. The third-order valence-corrected chi connectivity index (χ3v) is 10.1. The molecule has 246 valence electrons. The van der Waals surface area contributed by atoms with Crippen LogP contribution in [0.1, 0.15) is 19.2 Å². The fraction of sp³-hybridized carbons (Fsp3) is 0. The van der Waals surface area contributed by atoms with Crippen molar-refractivity contribution in [3.05, 3.63) is 194 Å². The maximum Gasteiger partial charge on any atom is 0.136 e. The highest BCUT2D eigenvalue weighted by Crippen LogP contribution is 2.47. The Morgan fingerprint density at radius 3 is 1.74 bits per heavy atom. The van der Waals surface area contributed by atoms with Gasteiger partial charge in [0.25, 0.3) is 0 Å². The van der Waals surface area contributed by atoms with Gasteiger partial charge in [-0.05, 0) is 118 Å². The minimum atomic E-state index is -0.577. The van der Waals surface area contributed by atoms with Crippen LogP contribution in [0.2, 0.25) is 0 Å². The van der Waals surface area contributed by atoms with Gasteiger partial charge in [0.2, 0.25) is 0 Å². The van der Waals surface area contributed by atoms with Gasteiger partial charge in [0, 0.05) is 10.8 Å². The van der Waals surface area contributed by atoms with E-state index >= 15 is 0 Å². The number of rotatable bonds is 4. The quantitative estimate of drug-likeness (QED) is 0.133. The van der Waals surface area contributed by atoms with E-state index in [2.05, 4.69) is 6.07 Å². The van der Waals surface area contributed by atoms with E-state index in [1.807, 2.05) is 72.8 Å². The molecule has 0 aliphatic heterocycles. The Balaban J connectivity index is 1.19. The molecule has 0 amide bonds. The molecule has 0 saturated carbocycles. The lowest BCUT2D eigenvalue weighted by Crippen LogP contribution is -1.92. The topological polar surface area (TPSA) is 13.1 Å². The molecule has 1 heteroatoms. The Labute approximate surface area is 326 Å². The summed E-state index contributed by atoms with van der Waals surface area (Å²) in [5.41, 5.74) is 4.33. The van der Waals surface area contributed by atoms with E-state index in [1.54, 1.807) is 30.3 Å². The first-order valence-corrected chi connectivity index (χ1v) is 17.1. The van der Waals surface area contributed by atoms with Crippen molar-refractivity contribution >= 4 is 65.0 Å². The highest BCUT2D eigenvalue weighted by atomic mass is 16.3. The summed E-state index contributed by atoms with van der Waals surface area (Å²) in [6.45, 7) is 0. The summed E-state index contributed by atoms with van der Waals surface area (Å²) in [4.78, 5) is 0. The van der Waals surface area contributed by atoms with Gasteiger partial charge in [-0.25, -0.2) is 0 Å². The first kappa shape index (κ1) is 19.0. The van der Waals surface area contributed by atoms with Gasteiger partial charge in [-0.3, -0.25) is 0 Å². The second kappa shape index (κ2) is 11.8. The molecule has 53 heavy (non-hydrogen) atoms. The van der Waals surface area contributed by atoms with E-state index in [1.165, 1.54) is 0 Å². The van der Waals surface area contributed by atoms with Crippen molar-refractivity contribution in [2.75, 3.05) is 0 Å². The van der Waals surface area contributed by atoms with Crippen LogP contribution < -0.4 is 0 Å². The van der Waals surface area contributed by atoms with Crippen LogP contribution in [-0.2, 0) is 0 Å².